The van der Waals surface area contributed by atoms with Gasteiger partial charge in [-0.3, -0.25) is 18.8 Å². The SMILES string of the molecule is COc1cc2nc(SCC(=O)Nc3cc(C)nn3C)n(CCC3=CCCCC3)c(=O)c2cc1OC. The van der Waals surface area contributed by atoms with Crippen molar-refractivity contribution in [2.24, 2.45) is 7.05 Å². The summed E-state index contributed by atoms with van der Waals surface area (Å²) in [7, 11) is 4.86. The number of aromatic nitrogens is 4. The van der Waals surface area contributed by atoms with Crippen LogP contribution in [0.5, 0.6) is 11.5 Å². The van der Waals surface area contributed by atoms with Crippen LogP contribution in [-0.2, 0) is 18.4 Å². The highest BCUT2D eigenvalue weighted by Gasteiger charge is 2.18. The maximum atomic E-state index is 13.6. The number of carbonyl (C=O) groups is 1. The molecule has 0 bridgehead atoms. The second-order valence-corrected chi connectivity index (χ2v) is 9.51. The number of aryl methyl sites for hydroxylation is 2. The number of nitrogens with zero attached hydrogens (tertiary/aromatic N) is 4. The van der Waals surface area contributed by atoms with Crippen LogP contribution in [0.25, 0.3) is 10.9 Å². The molecule has 0 spiro atoms. The molecule has 1 aliphatic rings. The monoisotopic (exact) mass is 497 g/mol. The van der Waals surface area contributed by atoms with Crippen molar-refractivity contribution in [2.75, 3.05) is 25.3 Å². The molecule has 0 unspecified atom stereocenters. The van der Waals surface area contributed by atoms with E-state index in [4.69, 9.17) is 14.5 Å². The Morgan fingerprint density at radius 3 is 2.60 bits per heavy atom. The Bertz CT molecular complexity index is 1330. The van der Waals surface area contributed by atoms with Crippen molar-refractivity contribution >= 4 is 34.4 Å². The summed E-state index contributed by atoms with van der Waals surface area (Å²) in [5.41, 5.74) is 2.54. The highest BCUT2D eigenvalue weighted by Crippen LogP contribution is 2.31. The minimum absolute atomic E-state index is 0.109. The molecule has 1 N–H and O–H groups in total. The maximum Gasteiger partial charge on any atom is 0.262 e. The van der Waals surface area contributed by atoms with Crippen molar-refractivity contribution in [1.29, 1.82) is 0 Å². The summed E-state index contributed by atoms with van der Waals surface area (Å²) in [5, 5.41) is 8.08. The third-order valence-corrected chi connectivity index (χ3v) is 7.04. The summed E-state index contributed by atoms with van der Waals surface area (Å²) in [6.45, 7) is 2.37. The summed E-state index contributed by atoms with van der Waals surface area (Å²) < 4.78 is 14.1. The van der Waals surface area contributed by atoms with E-state index in [1.807, 2.05) is 13.0 Å². The van der Waals surface area contributed by atoms with Crippen LogP contribution in [0.2, 0.25) is 0 Å². The molecule has 10 heteroatoms. The Kier molecular flexibility index (Phi) is 7.80. The van der Waals surface area contributed by atoms with Gasteiger partial charge < -0.3 is 14.8 Å². The van der Waals surface area contributed by atoms with Crippen LogP contribution in [0.15, 0.2) is 39.8 Å². The number of hydrogen-bond donors (Lipinski definition) is 1. The summed E-state index contributed by atoms with van der Waals surface area (Å²) in [4.78, 5) is 31.0. The molecule has 2 heterocycles. The van der Waals surface area contributed by atoms with E-state index >= 15 is 0 Å². The molecule has 35 heavy (non-hydrogen) atoms. The van der Waals surface area contributed by atoms with E-state index in [1.165, 1.54) is 37.3 Å². The normalized spacial score (nSPS) is 13.5. The molecule has 9 nitrogen and oxygen atoms in total. The topological polar surface area (TPSA) is 100 Å². The first-order valence-corrected chi connectivity index (χ1v) is 12.7. The number of nitrogens with one attached hydrogen (secondary N) is 1. The average molecular weight is 498 g/mol. The highest BCUT2D eigenvalue weighted by atomic mass is 32.2. The van der Waals surface area contributed by atoms with Crippen molar-refractivity contribution < 1.29 is 14.3 Å². The van der Waals surface area contributed by atoms with Gasteiger partial charge in [0.25, 0.3) is 5.56 Å². The molecular formula is C25H31N5O4S. The lowest BCUT2D eigenvalue weighted by Gasteiger charge is -2.17. The van der Waals surface area contributed by atoms with E-state index in [9.17, 15) is 9.59 Å². The van der Waals surface area contributed by atoms with E-state index < -0.39 is 0 Å². The van der Waals surface area contributed by atoms with Gasteiger partial charge in [-0.1, -0.05) is 23.4 Å². The number of allylic oxidation sites excluding steroid dienone is 2. The minimum atomic E-state index is -0.193. The average Bonchev–Trinajstić information content (AvgIpc) is 3.18. The van der Waals surface area contributed by atoms with Crippen LogP contribution in [0, 0.1) is 6.92 Å². The number of fused-ring (bicyclic) bond motifs is 1. The standard InChI is InChI=1S/C25H31N5O4S/c1-16-12-22(29(2)28-16)27-23(31)15-35-25-26-19-14-21(34-4)20(33-3)13-18(19)24(32)30(25)11-10-17-8-6-5-7-9-17/h8,12-14H,5-7,9-11,15H2,1-4H3,(H,27,31). The fourth-order valence-corrected chi connectivity index (χ4v) is 5.08. The van der Waals surface area contributed by atoms with Crippen molar-refractivity contribution in [3.63, 3.8) is 0 Å². The zero-order valence-corrected chi connectivity index (χ0v) is 21.4. The Labute approximate surface area is 208 Å². The third kappa shape index (κ3) is 5.70. The van der Waals surface area contributed by atoms with Crippen LogP contribution in [0.3, 0.4) is 0 Å². The Morgan fingerprint density at radius 1 is 1.17 bits per heavy atom. The quantitative estimate of drug-likeness (QED) is 0.270. The summed E-state index contributed by atoms with van der Waals surface area (Å²) in [6.07, 6.45) is 7.63. The first-order valence-electron chi connectivity index (χ1n) is 11.7. The Balaban J connectivity index is 1.64. The molecule has 0 atom stereocenters. The largest absolute Gasteiger partial charge is 0.493 e. The molecule has 0 saturated carbocycles. The molecule has 0 aliphatic heterocycles. The van der Waals surface area contributed by atoms with Crippen molar-refractivity contribution in [1.82, 2.24) is 19.3 Å². The molecule has 0 saturated heterocycles. The van der Waals surface area contributed by atoms with Crippen LogP contribution in [-0.4, -0.2) is 45.2 Å². The lowest BCUT2D eigenvalue weighted by Crippen LogP contribution is -2.25. The molecular weight excluding hydrogens is 466 g/mol. The van der Waals surface area contributed by atoms with E-state index in [2.05, 4.69) is 16.5 Å². The summed E-state index contributed by atoms with van der Waals surface area (Å²) in [6, 6.07) is 5.18. The predicted molar refractivity (Wildman–Crippen MR) is 138 cm³/mol. The number of amides is 1. The molecule has 0 fully saturated rings. The van der Waals surface area contributed by atoms with Gasteiger partial charge in [-0.25, -0.2) is 4.98 Å². The molecule has 1 amide bonds. The predicted octanol–water partition coefficient (Wildman–Crippen LogP) is 4.08. The zero-order chi connectivity index (χ0) is 24.9. The number of thioether (sulfide) groups is 1. The summed E-state index contributed by atoms with van der Waals surface area (Å²) in [5.74, 6) is 1.52. The lowest BCUT2D eigenvalue weighted by molar-refractivity contribution is -0.113. The van der Waals surface area contributed by atoms with Gasteiger partial charge in [0.15, 0.2) is 16.7 Å². The number of anilines is 1. The van der Waals surface area contributed by atoms with Crippen LogP contribution in [0.4, 0.5) is 5.82 Å². The van der Waals surface area contributed by atoms with Crippen LogP contribution in [0.1, 0.15) is 37.8 Å². The first kappa shape index (κ1) is 24.8. The fourth-order valence-electron chi connectivity index (χ4n) is 4.26. The lowest BCUT2D eigenvalue weighted by atomic mass is 9.97. The van der Waals surface area contributed by atoms with Crippen LogP contribution >= 0.6 is 11.8 Å². The van der Waals surface area contributed by atoms with Gasteiger partial charge in [-0.15, -0.1) is 0 Å². The molecule has 1 aromatic carbocycles. The molecule has 2 aromatic heterocycles. The van der Waals surface area contributed by atoms with Gasteiger partial charge in [-0.2, -0.15) is 5.10 Å². The number of rotatable bonds is 9. The minimum Gasteiger partial charge on any atom is -0.493 e. The fraction of sp³-hybridized carbons (Fsp3) is 0.440. The smallest absolute Gasteiger partial charge is 0.262 e. The number of hydrogen-bond acceptors (Lipinski definition) is 7. The second-order valence-electron chi connectivity index (χ2n) is 8.57. The molecule has 0 radical (unpaired) electrons. The van der Waals surface area contributed by atoms with Crippen molar-refractivity contribution in [3.8, 4) is 11.5 Å². The first-order chi connectivity index (χ1) is 16.9. The Hall–Kier alpha value is -3.27. The number of methoxy groups -OCH3 is 2. The highest BCUT2D eigenvalue weighted by molar-refractivity contribution is 7.99. The Morgan fingerprint density at radius 2 is 1.94 bits per heavy atom. The maximum absolute atomic E-state index is 13.6. The van der Waals surface area contributed by atoms with E-state index in [1.54, 1.807) is 35.5 Å². The van der Waals surface area contributed by atoms with E-state index in [-0.39, 0.29) is 17.2 Å². The van der Waals surface area contributed by atoms with Gasteiger partial charge in [-0.05, 0) is 45.1 Å². The zero-order valence-electron chi connectivity index (χ0n) is 20.6. The molecule has 4 rings (SSSR count). The third-order valence-electron chi connectivity index (χ3n) is 6.07. The molecule has 3 aromatic rings. The molecule has 186 valence electrons. The van der Waals surface area contributed by atoms with E-state index in [0.717, 1.165) is 25.0 Å². The van der Waals surface area contributed by atoms with Crippen molar-refractivity contribution in [3.05, 3.63) is 45.9 Å². The van der Waals surface area contributed by atoms with Gasteiger partial charge in [0.1, 0.15) is 5.82 Å². The van der Waals surface area contributed by atoms with Gasteiger partial charge in [0, 0.05) is 25.7 Å². The summed E-state index contributed by atoms with van der Waals surface area (Å²) >= 11 is 1.24. The number of ether oxygens (including phenoxy) is 2. The molecule has 1 aliphatic carbocycles. The van der Waals surface area contributed by atoms with Gasteiger partial charge >= 0.3 is 0 Å². The number of benzene rings is 1. The van der Waals surface area contributed by atoms with Gasteiger partial charge in [0.2, 0.25) is 5.91 Å². The van der Waals surface area contributed by atoms with Crippen molar-refractivity contribution in [2.45, 2.75) is 50.7 Å². The van der Waals surface area contributed by atoms with E-state index in [0.29, 0.717) is 39.9 Å². The van der Waals surface area contributed by atoms with Gasteiger partial charge in [0.05, 0.1) is 36.6 Å². The second kappa shape index (κ2) is 11.0. The van der Waals surface area contributed by atoms with Crippen LogP contribution < -0.4 is 20.3 Å². The number of carbonyl (C=O) groups excluding carboxylic acids is 1.